The molecule has 0 aromatic carbocycles. The summed E-state index contributed by atoms with van der Waals surface area (Å²) in [6, 6.07) is 0. The minimum atomic E-state index is -0.995. The number of primary amides is 1. The highest BCUT2D eigenvalue weighted by Gasteiger charge is 2.26. The van der Waals surface area contributed by atoms with Crippen molar-refractivity contribution in [1.29, 1.82) is 0 Å². The van der Waals surface area contributed by atoms with Crippen molar-refractivity contribution >= 4 is 11.8 Å². The first kappa shape index (κ1) is 12.9. The molecule has 0 radical (unpaired) electrons. The molecular formula is C9H19N3O2. The van der Waals surface area contributed by atoms with E-state index in [2.05, 4.69) is 5.32 Å². The van der Waals surface area contributed by atoms with Crippen molar-refractivity contribution in [3.8, 4) is 0 Å². The van der Waals surface area contributed by atoms with E-state index >= 15 is 0 Å². The Hall–Kier alpha value is -1.10. The van der Waals surface area contributed by atoms with Gasteiger partial charge in [0.25, 0.3) is 0 Å². The number of hydrogen-bond donors (Lipinski definition) is 3. The van der Waals surface area contributed by atoms with E-state index in [1.165, 1.54) is 0 Å². The molecule has 0 aliphatic rings. The minimum absolute atomic E-state index is 0.110. The molecule has 0 heterocycles. The molecule has 5 heteroatoms. The maximum Gasteiger partial charge on any atom is 0.242 e. The summed E-state index contributed by atoms with van der Waals surface area (Å²) in [5.41, 5.74) is 9.48. The van der Waals surface area contributed by atoms with Crippen LogP contribution in [0.5, 0.6) is 0 Å². The lowest BCUT2D eigenvalue weighted by molar-refractivity contribution is -0.130. The van der Waals surface area contributed by atoms with Gasteiger partial charge in [0.2, 0.25) is 11.8 Å². The zero-order valence-electron chi connectivity index (χ0n) is 8.96. The lowest BCUT2D eigenvalue weighted by Gasteiger charge is -2.23. The largest absolute Gasteiger partial charge is 0.368 e. The van der Waals surface area contributed by atoms with E-state index in [1.54, 1.807) is 13.8 Å². The monoisotopic (exact) mass is 201 g/mol. The second-order valence-corrected chi connectivity index (χ2v) is 4.08. The van der Waals surface area contributed by atoms with E-state index in [-0.39, 0.29) is 11.8 Å². The van der Waals surface area contributed by atoms with Gasteiger partial charge in [0.15, 0.2) is 0 Å². The van der Waals surface area contributed by atoms with Crippen LogP contribution in [0.1, 0.15) is 27.2 Å². The molecule has 2 amide bonds. The lowest BCUT2D eigenvalue weighted by Crippen LogP contribution is -2.53. The highest BCUT2D eigenvalue weighted by Crippen LogP contribution is 2.04. The molecule has 1 unspecified atom stereocenters. The fourth-order valence-corrected chi connectivity index (χ4v) is 0.861. The Morgan fingerprint density at radius 2 is 1.93 bits per heavy atom. The predicted octanol–water partition coefficient (Wildman–Crippen LogP) is -0.649. The van der Waals surface area contributed by atoms with Gasteiger partial charge in [0.1, 0.15) is 5.54 Å². The van der Waals surface area contributed by atoms with Crippen molar-refractivity contribution in [2.45, 2.75) is 32.7 Å². The van der Waals surface area contributed by atoms with Crippen LogP contribution in [0.3, 0.4) is 0 Å². The molecule has 0 aromatic rings. The molecule has 0 aliphatic carbocycles. The van der Waals surface area contributed by atoms with Crippen molar-refractivity contribution in [2.75, 3.05) is 6.54 Å². The maximum atomic E-state index is 11.4. The zero-order valence-corrected chi connectivity index (χ0v) is 8.96. The van der Waals surface area contributed by atoms with E-state index in [0.717, 1.165) is 0 Å². The predicted molar refractivity (Wildman–Crippen MR) is 54.3 cm³/mol. The summed E-state index contributed by atoms with van der Waals surface area (Å²) >= 11 is 0. The fourth-order valence-electron chi connectivity index (χ4n) is 0.861. The number of nitrogens with one attached hydrogen (secondary N) is 1. The fraction of sp³-hybridized carbons (Fsp3) is 0.778. The SMILES string of the molecule is CC(CN)CC(=O)NC(C)(C)C(N)=O. The molecule has 5 nitrogen and oxygen atoms in total. The van der Waals surface area contributed by atoms with E-state index in [0.29, 0.717) is 13.0 Å². The number of nitrogens with two attached hydrogens (primary N) is 2. The van der Waals surface area contributed by atoms with Gasteiger partial charge in [-0.05, 0) is 26.3 Å². The third kappa shape index (κ3) is 4.23. The molecule has 0 fully saturated rings. The molecule has 5 N–H and O–H groups in total. The van der Waals surface area contributed by atoms with Crippen molar-refractivity contribution in [3.05, 3.63) is 0 Å². The van der Waals surface area contributed by atoms with Crippen LogP contribution >= 0.6 is 0 Å². The lowest BCUT2D eigenvalue weighted by atomic mass is 10.0. The van der Waals surface area contributed by atoms with Gasteiger partial charge in [-0.25, -0.2) is 0 Å². The Bertz CT molecular complexity index is 226. The summed E-state index contributed by atoms with van der Waals surface area (Å²) in [7, 11) is 0. The zero-order chi connectivity index (χ0) is 11.4. The number of rotatable bonds is 5. The second kappa shape index (κ2) is 4.95. The Balaban J connectivity index is 4.12. The average Bonchev–Trinajstić information content (AvgIpc) is 2.02. The molecular weight excluding hydrogens is 182 g/mol. The minimum Gasteiger partial charge on any atom is -0.368 e. The van der Waals surface area contributed by atoms with Crippen molar-refractivity contribution in [3.63, 3.8) is 0 Å². The smallest absolute Gasteiger partial charge is 0.242 e. The average molecular weight is 201 g/mol. The number of carbonyl (C=O) groups is 2. The third-order valence-corrected chi connectivity index (χ3v) is 2.00. The normalized spacial score (nSPS) is 13.4. The summed E-state index contributed by atoms with van der Waals surface area (Å²) in [6.45, 7) is 5.46. The summed E-state index contributed by atoms with van der Waals surface area (Å²) in [5, 5.41) is 2.55. The number of hydrogen-bond acceptors (Lipinski definition) is 3. The first-order valence-corrected chi connectivity index (χ1v) is 4.60. The van der Waals surface area contributed by atoms with Crippen molar-refractivity contribution < 1.29 is 9.59 Å². The van der Waals surface area contributed by atoms with Crippen LogP contribution in [0, 0.1) is 5.92 Å². The highest BCUT2D eigenvalue weighted by molar-refractivity contribution is 5.89. The van der Waals surface area contributed by atoms with Crippen LogP contribution < -0.4 is 16.8 Å². The van der Waals surface area contributed by atoms with Gasteiger partial charge in [0.05, 0.1) is 0 Å². The van der Waals surface area contributed by atoms with Crippen molar-refractivity contribution in [2.24, 2.45) is 17.4 Å². The molecule has 14 heavy (non-hydrogen) atoms. The Morgan fingerprint density at radius 1 is 1.43 bits per heavy atom. The molecule has 82 valence electrons. The summed E-state index contributed by atoms with van der Waals surface area (Å²) < 4.78 is 0. The van der Waals surface area contributed by atoms with Crippen LogP contribution in [0.4, 0.5) is 0 Å². The first-order valence-electron chi connectivity index (χ1n) is 4.60. The maximum absolute atomic E-state index is 11.4. The highest BCUT2D eigenvalue weighted by atomic mass is 16.2. The quantitative estimate of drug-likeness (QED) is 0.551. The van der Waals surface area contributed by atoms with Crippen molar-refractivity contribution in [1.82, 2.24) is 5.32 Å². The van der Waals surface area contributed by atoms with E-state index in [9.17, 15) is 9.59 Å². The number of carbonyl (C=O) groups excluding carboxylic acids is 2. The van der Waals surface area contributed by atoms with Crippen LogP contribution in [0.15, 0.2) is 0 Å². The van der Waals surface area contributed by atoms with Crippen LogP contribution in [0.2, 0.25) is 0 Å². The summed E-state index contributed by atoms with van der Waals surface area (Å²) in [4.78, 5) is 22.3. The molecule has 0 rings (SSSR count). The third-order valence-electron chi connectivity index (χ3n) is 2.00. The van der Waals surface area contributed by atoms with E-state index in [4.69, 9.17) is 11.5 Å². The summed E-state index contributed by atoms with van der Waals surface area (Å²) in [6.07, 6.45) is 0.313. The standard InChI is InChI=1S/C9H19N3O2/c1-6(5-10)4-7(13)12-9(2,3)8(11)14/h6H,4-5,10H2,1-3H3,(H2,11,14)(H,12,13). The van der Waals surface area contributed by atoms with Gasteiger partial charge in [-0.2, -0.15) is 0 Å². The van der Waals surface area contributed by atoms with Gasteiger partial charge < -0.3 is 16.8 Å². The molecule has 0 saturated heterocycles. The van der Waals surface area contributed by atoms with E-state index < -0.39 is 11.4 Å². The van der Waals surface area contributed by atoms with Crippen LogP contribution in [-0.4, -0.2) is 23.9 Å². The summed E-state index contributed by atoms with van der Waals surface area (Å²) in [5.74, 6) is -0.642. The molecule has 0 aliphatic heterocycles. The Labute approximate surface area is 84.2 Å². The Kier molecular flexibility index (Phi) is 4.56. The molecule has 0 saturated carbocycles. The molecule has 0 bridgehead atoms. The molecule has 0 aromatic heterocycles. The Morgan fingerprint density at radius 3 is 2.29 bits per heavy atom. The number of amides is 2. The topological polar surface area (TPSA) is 98.2 Å². The van der Waals surface area contributed by atoms with Gasteiger partial charge >= 0.3 is 0 Å². The van der Waals surface area contributed by atoms with Gasteiger partial charge in [-0.15, -0.1) is 0 Å². The molecule has 1 atom stereocenters. The van der Waals surface area contributed by atoms with Gasteiger partial charge in [-0.3, -0.25) is 9.59 Å². The van der Waals surface area contributed by atoms with Crippen LogP contribution in [0.25, 0.3) is 0 Å². The van der Waals surface area contributed by atoms with Gasteiger partial charge in [0, 0.05) is 6.42 Å². The molecule has 0 spiro atoms. The first-order chi connectivity index (χ1) is 6.29. The second-order valence-electron chi connectivity index (χ2n) is 4.08. The van der Waals surface area contributed by atoms with E-state index in [1.807, 2.05) is 6.92 Å². The van der Waals surface area contributed by atoms with Crippen LogP contribution in [-0.2, 0) is 9.59 Å². The van der Waals surface area contributed by atoms with Gasteiger partial charge in [-0.1, -0.05) is 6.92 Å².